The third kappa shape index (κ3) is 2.80. The normalized spacial score (nSPS) is 8.92. The van der Waals surface area contributed by atoms with Gasteiger partial charge in [-0.25, -0.2) is 4.79 Å². The van der Waals surface area contributed by atoms with Gasteiger partial charge >= 0.3 is 5.30 Å². The molecule has 0 saturated carbocycles. The molecule has 0 aromatic heterocycles. The second-order valence-corrected chi connectivity index (χ2v) is 2.69. The van der Waals surface area contributed by atoms with Crippen LogP contribution in [0.4, 0.5) is 4.79 Å². The van der Waals surface area contributed by atoms with Gasteiger partial charge in [0.05, 0.1) is 11.6 Å². The van der Waals surface area contributed by atoms with Crippen molar-refractivity contribution in [2.45, 2.75) is 6.61 Å². The highest BCUT2D eigenvalue weighted by molar-refractivity contribution is 7.96. The van der Waals surface area contributed by atoms with Crippen molar-refractivity contribution in [3.63, 3.8) is 0 Å². The van der Waals surface area contributed by atoms with Crippen molar-refractivity contribution < 1.29 is 9.53 Å². The number of hydrogen-bond acceptors (Lipinski definition) is 3. The second-order valence-electron chi connectivity index (χ2n) is 2.32. The Morgan fingerprint density at radius 3 is 2.85 bits per heavy atom. The molecule has 66 valence electrons. The molecule has 3 nitrogen and oxygen atoms in total. The minimum absolute atomic E-state index is 0.0894. The highest BCUT2D eigenvalue weighted by Gasteiger charge is 2.01. The van der Waals surface area contributed by atoms with Gasteiger partial charge in [0, 0.05) is 5.56 Å². The number of thiol groups is 1. The Balaban J connectivity index is 2.77. The molecule has 1 aromatic rings. The molecule has 0 bridgehead atoms. The van der Waals surface area contributed by atoms with Crippen molar-refractivity contribution in [2.24, 2.45) is 0 Å². The van der Waals surface area contributed by atoms with Crippen LogP contribution in [0.5, 0.6) is 0 Å². The van der Waals surface area contributed by atoms with Crippen molar-refractivity contribution in [1.82, 2.24) is 0 Å². The quantitative estimate of drug-likeness (QED) is 0.578. The highest BCUT2D eigenvalue weighted by atomic mass is 32.1. The molecule has 0 fully saturated rings. The van der Waals surface area contributed by atoms with Crippen LogP contribution in [-0.2, 0) is 11.3 Å². The maximum atomic E-state index is 10.4. The Hall–Kier alpha value is -1.47. The van der Waals surface area contributed by atoms with Crippen LogP contribution in [0.1, 0.15) is 11.1 Å². The lowest BCUT2D eigenvalue weighted by Crippen LogP contribution is -1.97. The van der Waals surface area contributed by atoms with Gasteiger partial charge in [0.15, 0.2) is 0 Å². The summed E-state index contributed by atoms with van der Waals surface area (Å²) in [7, 11) is 0. The molecule has 0 amide bonds. The Morgan fingerprint density at radius 1 is 1.54 bits per heavy atom. The van der Waals surface area contributed by atoms with Gasteiger partial charge in [-0.1, -0.05) is 30.8 Å². The fourth-order valence-electron chi connectivity index (χ4n) is 0.895. The fraction of sp³-hybridized carbons (Fsp3) is 0.111. The van der Waals surface area contributed by atoms with Crippen molar-refractivity contribution in [3.05, 3.63) is 35.4 Å². The first-order chi connectivity index (χ1) is 6.24. The lowest BCUT2D eigenvalue weighted by molar-refractivity contribution is 0.169. The molecule has 0 aliphatic carbocycles. The van der Waals surface area contributed by atoms with Crippen molar-refractivity contribution in [2.75, 3.05) is 0 Å². The Bertz CT molecular complexity index is 357. The summed E-state index contributed by atoms with van der Waals surface area (Å²) in [4.78, 5) is 10.4. The van der Waals surface area contributed by atoms with E-state index in [1.165, 1.54) is 0 Å². The maximum Gasteiger partial charge on any atom is 0.364 e. The molecule has 1 rings (SSSR count). The van der Waals surface area contributed by atoms with Crippen LogP contribution < -0.4 is 0 Å². The molecule has 13 heavy (non-hydrogen) atoms. The van der Waals surface area contributed by atoms with Gasteiger partial charge in [0.1, 0.15) is 6.61 Å². The Morgan fingerprint density at radius 2 is 2.23 bits per heavy atom. The van der Waals surface area contributed by atoms with Gasteiger partial charge in [-0.3, -0.25) is 0 Å². The van der Waals surface area contributed by atoms with Crippen molar-refractivity contribution >= 4 is 17.9 Å². The highest BCUT2D eigenvalue weighted by Crippen LogP contribution is 2.09. The van der Waals surface area contributed by atoms with E-state index in [1.54, 1.807) is 24.3 Å². The summed E-state index contributed by atoms with van der Waals surface area (Å²) in [6.07, 6.45) is 0. The van der Waals surface area contributed by atoms with E-state index in [1.807, 2.05) is 6.07 Å². The number of carbonyl (C=O) groups is 1. The first-order valence-corrected chi connectivity index (χ1v) is 4.02. The number of carbonyl (C=O) groups excluding carboxylic acids is 1. The van der Waals surface area contributed by atoms with E-state index in [4.69, 9.17) is 5.26 Å². The standard InChI is InChI=1S/C9H7NO2S/c10-5-7-3-1-2-4-8(7)6-12-9(11)13/h1-4H,6H2,(H,11,13). The van der Waals surface area contributed by atoms with Crippen LogP contribution in [0.15, 0.2) is 24.3 Å². The number of nitrogens with zero attached hydrogens (tertiary/aromatic N) is 1. The van der Waals surface area contributed by atoms with Crippen LogP contribution in [0.2, 0.25) is 0 Å². The lowest BCUT2D eigenvalue weighted by atomic mass is 10.1. The molecular weight excluding hydrogens is 186 g/mol. The van der Waals surface area contributed by atoms with Crippen molar-refractivity contribution in [1.29, 1.82) is 5.26 Å². The number of benzene rings is 1. The van der Waals surface area contributed by atoms with Crippen LogP contribution >= 0.6 is 12.6 Å². The second kappa shape index (κ2) is 4.53. The van der Waals surface area contributed by atoms with Crippen LogP contribution in [0.3, 0.4) is 0 Å². The van der Waals surface area contributed by atoms with E-state index >= 15 is 0 Å². The number of ether oxygens (including phenoxy) is 1. The lowest BCUT2D eigenvalue weighted by Gasteiger charge is -2.02. The molecule has 0 aliphatic heterocycles. The van der Waals surface area contributed by atoms with Gasteiger partial charge in [0.2, 0.25) is 0 Å². The van der Waals surface area contributed by atoms with Gasteiger partial charge < -0.3 is 4.74 Å². The van der Waals surface area contributed by atoms with Crippen LogP contribution in [0.25, 0.3) is 0 Å². The molecule has 4 heteroatoms. The topological polar surface area (TPSA) is 50.1 Å². The van der Waals surface area contributed by atoms with Gasteiger partial charge in [0.25, 0.3) is 0 Å². The molecule has 1 aromatic carbocycles. The molecule has 0 atom stereocenters. The number of hydrogen-bond donors (Lipinski definition) is 1. The molecule has 0 spiro atoms. The Kier molecular flexibility index (Phi) is 3.35. The molecule has 0 aliphatic rings. The summed E-state index contributed by atoms with van der Waals surface area (Å²) >= 11 is 3.45. The zero-order valence-electron chi connectivity index (χ0n) is 6.73. The number of nitriles is 1. The molecular formula is C9H7NO2S. The minimum Gasteiger partial charge on any atom is -0.453 e. The zero-order valence-corrected chi connectivity index (χ0v) is 7.62. The van der Waals surface area contributed by atoms with E-state index in [-0.39, 0.29) is 6.61 Å². The summed E-state index contributed by atoms with van der Waals surface area (Å²) in [5.41, 5.74) is 1.20. The van der Waals surface area contributed by atoms with E-state index < -0.39 is 5.30 Å². The predicted octanol–water partition coefficient (Wildman–Crippen LogP) is 2.12. The molecule has 0 N–H and O–H groups in total. The Labute approximate surface area is 81.3 Å². The molecule has 0 heterocycles. The summed E-state index contributed by atoms with van der Waals surface area (Å²) in [5, 5.41) is 8.03. The minimum atomic E-state index is -0.646. The van der Waals surface area contributed by atoms with E-state index in [0.29, 0.717) is 11.1 Å². The summed E-state index contributed by atoms with van der Waals surface area (Å²) in [5.74, 6) is 0. The maximum absolute atomic E-state index is 10.4. The molecule has 0 radical (unpaired) electrons. The van der Waals surface area contributed by atoms with Crippen molar-refractivity contribution in [3.8, 4) is 6.07 Å². The SMILES string of the molecule is N#Cc1ccccc1COC(=O)S. The number of rotatable bonds is 2. The third-order valence-corrected chi connectivity index (χ3v) is 1.62. The first kappa shape index (κ1) is 9.62. The fourth-order valence-corrected chi connectivity index (χ4v) is 0.959. The van der Waals surface area contributed by atoms with E-state index in [0.717, 1.165) is 0 Å². The first-order valence-electron chi connectivity index (χ1n) is 3.58. The third-order valence-electron chi connectivity index (χ3n) is 1.49. The van der Waals surface area contributed by atoms with Crippen LogP contribution in [-0.4, -0.2) is 5.30 Å². The zero-order chi connectivity index (χ0) is 9.68. The van der Waals surface area contributed by atoms with Crippen LogP contribution in [0, 0.1) is 11.3 Å². The molecule has 0 saturated heterocycles. The average Bonchev–Trinajstić information content (AvgIpc) is 2.15. The van der Waals surface area contributed by atoms with Gasteiger partial charge in [-0.05, 0) is 6.07 Å². The summed E-state index contributed by atoms with van der Waals surface area (Å²) in [6, 6.07) is 8.94. The summed E-state index contributed by atoms with van der Waals surface area (Å²) in [6.45, 7) is 0.0894. The summed E-state index contributed by atoms with van der Waals surface area (Å²) < 4.78 is 4.64. The smallest absolute Gasteiger partial charge is 0.364 e. The average molecular weight is 193 g/mol. The van der Waals surface area contributed by atoms with Gasteiger partial charge in [-0.2, -0.15) is 5.26 Å². The van der Waals surface area contributed by atoms with E-state index in [2.05, 4.69) is 17.4 Å². The predicted molar refractivity (Wildman–Crippen MR) is 50.3 cm³/mol. The van der Waals surface area contributed by atoms with Gasteiger partial charge in [-0.15, -0.1) is 0 Å². The van der Waals surface area contributed by atoms with E-state index in [9.17, 15) is 4.79 Å². The molecule has 0 unspecified atom stereocenters. The monoisotopic (exact) mass is 193 g/mol. The largest absolute Gasteiger partial charge is 0.453 e.